The smallest absolute Gasteiger partial charge is 0.168 e. The fourth-order valence-corrected chi connectivity index (χ4v) is 2.94. The fourth-order valence-electron chi connectivity index (χ4n) is 2.94. The molecule has 0 saturated carbocycles. The Morgan fingerprint density at radius 2 is 1.20 bits per heavy atom. The number of hydrogen-bond donors (Lipinski definition) is 3. The third kappa shape index (κ3) is 2.98. The molecular weight excluding hydrogens is 316 g/mol. The van der Waals surface area contributed by atoms with E-state index < -0.39 is 0 Å². The molecule has 3 aromatic carbocycles. The number of aromatic hydroxyl groups is 3. The maximum absolute atomic E-state index is 10.2. The summed E-state index contributed by atoms with van der Waals surface area (Å²) in [6.45, 7) is 3.65. The summed E-state index contributed by atoms with van der Waals surface area (Å²) in [6.07, 6.45) is 0. The highest BCUT2D eigenvalue weighted by Crippen LogP contribution is 2.45. The summed E-state index contributed by atoms with van der Waals surface area (Å²) in [5.41, 5.74) is 4.81. The van der Waals surface area contributed by atoms with Gasteiger partial charge in [0, 0.05) is 5.56 Å². The molecule has 0 radical (unpaired) electrons. The summed E-state index contributed by atoms with van der Waals surface area (Å²) in [6, 6.07) is 14.0. The van der Waals surface area contributed by atoms with Gasteiger partial charge in [0.25, 0.3) is 0 Å². The minimum atomic E-state index is 0.0440. The minimum Gasteiger partial charge on any atom is -0.508 e. The van der Waals surface area contributed by atoms with E-state index in [0.29, 0.717) is 5.75 Å². The Morgan fingerprint density at radius 3 is 1.76 bits per heavy atom. The van der Waals surface area contributed by atoms with Crippen LogP contribution in [0, 0.1) is 13.8 Å². The predicted molar refractivity (Wildman–Crippen MR) is 98.3 cm³/mol. The summed E-state index contributed by atoms with van der Waals surface area (Å²) < 4.78 is 5.45. The summed E-state index contributed by atoms with van der Waals surface area (Å²) in [5, 5.41) is 29.8. The van der Waals surface area contributed by atoms with Crippen molar-refractivity contribution in [1.82, 2.24) is 0 Å². The molecule has 25 heavy (non-hydrogen) atoms. The molecule has 0 unspecified atom stereocenters. The lowest BCUT2D eigenvalue weighted by molar-refractivity contribution is 0.375. The zero-order chi connectivity index (χ0) is 18.1. The second-order valence-electron chi connectivity index (χ2n) is 6.04. The molecule has 0 aromatic heterocycles. The number of phenolic OH excluding ortho intramolecular Hbond substituents is 3. The monoisotopic (exact) mass is 336 g/mol. The first-order valence-corrected chi connectivity index (χ1v) is 7.92. The molecule has 0 aliphatic heterocycles. The molecule has 4 nitrogen and oxygen atoms in total. The average molecular weight is 336 g/mol. The third-order valence-electron chi connectivity index (χ3n) is 4.33. The molecule has 3 rings (SSSR count). The Hall–Kier alpha value is -3.14. The van der Waals surface area contributed by atoms with E-state index in [4.69, 9.17) is 4.74 Å². The van der Waals surface area contributed by atoms with Gasteiger partial charge in [-0.1, -0.05) is 12.1 Å². The molecule has 0 atom stereocenters. The lowest BCUT2D eigenvalue weighted by Gasteiger charge is -2.17. The molecular formula is C21H20O4. The predicted octanol–water partition coefficient (Wildman–Crippen LogP) is 4.76. The standard InChI is InChI=1S/C21H20O4/c1-12-10-14(4-7-17(12)22)16-6-9-19(24)21(25-3)20(16)15-5-8-18(23)13(2)11-15/h4-11,22-24H,1-3H3. The maximum Gasteiger partial charge on any atom is 0.168 e. The van der Waals surface area contributed by atoms with Gasteiger partial charge in [-0.05, 0) is 78.1 Å². The van der Waals surface area contributed by atoms with Gasteiger partial charge < -0.3 is 20.1 Å². The Labute approximate surface area is 146 Å². The van der Waals surface area contributed by atoms with E-state index in [2.05, 4.69) is 0 Å². The van der Waals surface area contributed by atoms with Gasteiger partial charge in [0.15, 0.2) is 11.5 Å². The van der Waals surface area contributed by atoms with Crippen LogP contribution < -0.4 is 4.74 Å². The van der Waals surface area contributed by atoms with Crippen LogP contribution in [0.1, 0.15) is 11.1 Å². The number of phenols is 3. The van der Waals surface area contributed by atoms with Gasteiger partial charge in [-0.25, -0.2) is 0 Å². The van der Waals surface area contributed by atoms with Crippen LogP contribution in [0.4, 0.5) is 0 Å². The fraction of sp³-hybridized carbons (Fsp3) is 0.143. The SMILES string of the molecule is COc1c(O)ccc(-c2ccc(O)c(C)c2)c1-c1ccc(O)c(C)c1. The molecule has 4 heteroatoms. The van der Waals surface area contributed by atoms with Crippen LogP contribution >= 0.6 is 0 Å². The largest absolute Gasteiger partial charge is 0.508 e. The molecule has 0 aliphatic carbocycles. The molecule has 0 amide bonds. The molecule has 0 spiro atoms. The van der Waals surface area contributed by atoms with Gasteiger partial charge in [-0.15, -0.1) is 0 Å². The van der Waals surface area contributed by atoms with Crippen molar-refractivity contribution < 1.29 is 20.1 Å². The first kappa shape index (κ1) is 16.7. The van der Waals surface area contributed by atoms with Crippen molar-refractivity contribution in [2.24, 2.45) is 0 Å². The number of hydrogen-bond acceptors (Lipinski definition) is 4. The van der Waals surface area contributed by atoms with E-state index in [1.165, 1.54) is 7.11 Å². The van der Waals surface area contributed by atoms with E-state index in [1.807, 2.05) is 38.1 Å². The van der Waals surface area contributed by atoms with Crippen LogP contribution in [0.3, 0.4) is 0 Å². The number of rotatable bonds is 3. The van der Waals surface area contributed by atoms with Crippen LogP contribution in [0.5, 0.6) is 23.0 Å². The lowest BCUT2D eigenvalue weighted by atomic mass is 9.91. The molecule has 0 heterocycles. The number of methoxy groups -OCH3 is 1. The quantitative estimate of drug-likeness (QED) is 0.645. The van der Waals surface area contributed by atoms with Gasteiger partial charge in [0.05, 0.1) is 7.11 Å². The Bertz CT molecular complexity index is 945. The third-order valence-corrected chi connectivity index (χ3v) is 4.33. The second-order valence-corrected chi connectivity index (χ2v) is 6.04. The molecule has 128 valence electrons. The van der Waals surface area contributed by atoms with Crippen LogP contribution in [0.15, 0.2) is 48.5 Å². The van der Waals surface area contributed by atoms with Crippen molar-refractivity contribution >= 4 is 0 Å². The highest BCUT2D eigenvalue weighted by Gasteiger charge is 2.18. The van der Waals surface area contributed by atoms with Crippen molar-refractivity contribution in [3.8, 4) is 45.3 Å². The topological polar surface area (TPSA) is 69.9 Å². The Balaban J connectivity index is 2.32. The average Bonchev–Trinajstić information content (AvgIpc) is 2.59. The minimum absolute atomic E-state index is 0.0440. The van der Waals surface area contributed by atoms with Gasteiger partial charge in [0.2, 0.25) is 0 Å². The second kappa shape index (κ2) is 6.40. The van der Waals surface area contributed by atoms with Crippen LogP contribution in [-0.4, -0.2) is 22.4 Å². The Morgan fingerprint density at radius 1 is 0.680 bits per heavy atom. The van der Waals surface area contributed by atoms with Crippen LogP contribution in [0.25, 0.3) is 22.3 Å². The van der Waals surface area contributed by atoms with Gasteiger partial charge in [-0.3, -0.25) is 0 Å². The first-order valence-electron chi connectivity index (χ1n) is 7.92. The lowest BCUT2D eigenvalue weighted by Crippen LogP contribution is -1.93. The zero-order valence-corrected chi connectivity index (χ0v) is 14.4. The molecule has 3 aromatic rings. The summed E-state index contributed by atoms with van der Waals surface area (Å²) in [4.78, 5) is 0. The Kier molecular flexibility index (Phi) is 4.28. The van der Waals surface area contributed by atoms with Crippen LogP contribution in [0.2, 0.25) is 0 Å². The van der Waals surface area contributed by atoms with Crippen molar-refractivity contribution in [3.63, 3.8) is 0 Å². The molecule has 0 saturated heterocycles. The molecule has 0 aliphatic rings. The van der Waals surface area contributed by atoms with Gasteiger partial charge >= 0.3 is 0 Å². The van der Waals surface area contributed by atoms with Gasteiger partial charge in [0.1, 0.15) is 11.5 Å². The van der Waals surface area contributed by atoms with Crippen molar-refractivity contribution in [3.05, 3.63) is 59.7 Å². The normalized spacial score (nSPS) is 10.7. The molecule has 0 fully saturated rings. The van der Waals surface area contributed by atoms with Crippen molar-refractivity contribution in [1.29, 1.82) is 0 Å². The molecule has 3 N–H and O–H groups in total. The van der Waals surface area contributed by atoms with E-state index in [9.17, 15) is 15.3 Å². The van der Waals surface area contributed by atoms with Crippen molar-refractivity contribution in [2.75, 3.05) is 7.11 Å². The highest BCUT2D eigenvalue weighted by atomic mass is 16.5. The van der Waals surface area contributed by atoms with E-state index in [0.717, 1.165) is 33.4 Å². The summed E-state index contributed by atoms with van der Waals surface area (Å²) in [5.74, 6) is 0.859. The number of benzene rings is 3. The highest BCUT2D eigenvalue weighted by molar-refractivity contribution is 5.90. The van der Waals surface area contributed by atoms with Crippen molar-refractivity contribution in [2.45, 2.75) is 13.8 Å². The zero-order valence-electron chi connectivity index (χ0n) is 14.4. The van der Waals surface area contributed by atoms with E-state index in [1.54, 1.807) is 24.3 Å². The summed E-state index contributed by atoms with van der Waals surface area (Å²) in [7, 11) is 1.51. The van der Waals surface area contributed by atoms with E-state index in [-0.39, 0.29) is 17.2 Å². The van der Waals surface area contributed by atoms with Gasteiger partial charge in [-0.2, -0.15) is 0 Å². The summed E-state index contributed by atoms with van der Waals surface area (Å²) >= 11 is 0. The van der Waals surface area contributed by atoms with Crippen LogP contribution in [-0.2, 0) is 0 Å². The molecule has 0 bridgehead atoms. The number of ether oxygens (including phenoxy) is 1. The van der Waals surface area contributed by atoms with E-state index >= 15 is 0 Å². The number of aryl methyl sites for hydroxylation is 2. The maximum atomic E-state index is 10.2. The first-order chi connectivity index (χ1) is 11.9.